The molecule has 0 radical (unpaired) electrons. The molecule has 1 aliphatic carbocycles. The van der Waals surface area contributed by atoms with Gasteiger partial charge >= 0.3 is 6.03 Å². The molecule has 2 aromatic rings. The Balaban J connectivity index is 1.19. The number of nitrogens with one attached hydrogen (secondary N) is 2. The summed E-state index contributed by atoms with van der Waals surface area (Å²) in [6.45, 7) is 0.658. The van der Waals surface area contributed by atoms with Gasteiger partial charge < -0.3 is 10.6 Å². The number of amides is 4. The summed E-state index contributed by atoms with van der Waals surface area (Å²) < 4.78 is 0. The minimum atomic E-state index is -0.688. The van der Waals surface area contributed by atoms with Gasteiger partial charge in [-0.15, -0.1) is 0 Å². The number of hydrogen-bond acceptors (Lipinski definition) is 5. The van der Waals surface area contributed by atoms with Crippen LogP contribution in [-0.2, 0) is 9.59 Å². The van der Waals surface area contributed by atoms with Gasteiger partial charge in [-0.05, 0) is 37.0 Å². The molecule has 0 aromatic heterocycles. The number of carbonyl (C=O) groups excluding carboxylic acids is 3. The number of para-hydroxylation sites is 1. The average Bonchev–Trinajstić information content (AvgIpc) is 3.58. The van der Waals surface area contributed by atoms with Crippen molar-refractivity contribution in [1.82, 2.24) is 15.5 Å². The number of hydrogen-bond donors (Lipinski definition) is 2. The van der Waals surface area contributed by atoms with E-state index < -0.39 is 5.54 Å². The van der Waals surface area contributed by atoms with Gasteiger partial charge in [-0.25, -0.2) is 4.79 Å². The molecule has 0 bridgehead atoms. The molecule has 2 N–H and O–H groups in total. The van der Waals surface area contributed by atoms with Crippen LogP contribution in [0.1, 0.15) is 50.1 Å². The van der Waals surface area contributed by atoms with Gasteiger partial charge in [0.2, 0.25) is 0 Å². The van der Waals surface area contributed by atoms with Crippen molar-refractivity contribution in [3.8, 4) is 0 Å². The van der Waals surface area contributed by atoms with Crippen molar-refractivity contribution < 1.29 is 14.4 Å². The van der Waals surface area contributed by atoms with Gasteiger partial charge in [0.05, 0.1) is 11.7 Å². The number of benzene rings is 2. The maximum atomic E-state index is 12.9. The largest absolute Gasteiger partial charge is 0.351 e. The zero-order valence-electron chi connectivity index (χ0n) is 19.1. The molecule has 1 unspecified atom stereocenters. The van der Waals surface area contributed by atoms with E-state index in [0.717, 1.165) is 24.1 Å². The zero-order chi connectivity index (χ0) is 23.5. The third kappa shape index (κ3) is 4.16. The summed E-state index contributed by atoms with van der Waals surface area (Å²) in [5.41, 5.74) is 1.81. The smallest absolute Gasteiger partial charge is 0.325 e. The summed E-state index contributed by atoms with van der Waals surface area (Å²) in [7, 11) is 0. The summed E-state index contributed by atoms with van der Waals surface area (Å²) in [5, 5.41) is 12.4. The summed E-state index contributed by atoms with van der Waals surface area (Å²) in [5.74, 6) is -0.338. The fraction of sp³-hybridized carbons (Fsp3) is 0.385. The van der Waals surface area contributed by atoms with E-state index in [9.17, 15) is 14.4 Å². The van der Waals surface area contributed by atoms with Crippen molar-refractivity contribution in [2.45, 2.75) is 50.1 Å². The highest BCUT2D eigenvalue weighted by Gasteiger charge is 2.52. The number of carbonyl (C=O) groups is 3. The van der Waals surface area contributed by atoms with Crippen molar-refractivity contribution in [2.24, 2.45) is 5.10 Å². The molecule has 2 fully saturated rings. The Morgan fingerprint density at radius 2 is 1.71 bits per heavy atom. The van der Waals surface area contributed by atoms with Crippen molar-refractivity contribution in [1.29, 1.82) is 0 Å². The Labute approximate surface area is 199 Å². The highest BCUT2D eigenvalue weighted by Crippen LogP contribution is 2.36. The van der Waals surface area contributed by atoms with Gasteiger partial charge in [-0.3, -0.25) is 19.5 Å². The van der Waals surface area contributed by atoms with Crippen molar-refractivity contribution in [3.63, 3.8) is 0 Å². The summed E-state index contributed by atoms with van der Waals surface area (Å²) >= 11 is 0. The molecule has 8 nitrogen and oxygen atoms in total. The fourth-order valence-corrected chi connectivity index (χ4v) is 5.14. The SMILES string of the molecule is O=C(NCCCN1C(=O)NC2(CCCC2)C1=O)C1=NN(c2ccccc2)C(c2ccccc2)C1. The number of urea groups is 1. The van der Waals surface area contributed by atoms with E-state index in [1.807, 2.05) is 65.7 Å². The molecule has 34 heavy (non-hydrogen) atoms. The van der Waals surface area contributed by atoms with Crippen LogP contribution in [0.5, 0.6) is 0 Å². The van der Waals surface area contributed by atoms with E-state index in [1.54, 1.807) is 0 Å². The number of nitrogens with zero attached hydrogens (tertiary/aromatic N) is 3. The van der Waals surface area contributed by atoms with Crippen LogP contribution in [-0.4, -0.2) is 47.1 Å². The van der Waals surface area contributed by atoms with Gasteiger partial charge in [0.15, 0.2) is 0 Å². The lowest BCUT2D eigenvalue weighted by Crippen LogP contribution is -2.44. The first kappa shape index (κ1) is 22.1. The number of imide groups is 1. The predicted molar refractivity (Wildman–Crippen MR) is 129 cm³/mol. The van der Waals surface area contributed by atoms with Gasteiger partial charge in [0, 0.05) is 19.5 Å². The molecule has 3 aliphatic rings. The Hall–Kier alpha value is -3.68. The first-order chi connectivity index (χ1) is 16.6. The second kappa shape index (κ2) is 9.29. The molecular formula is C26H29N5O3. The van der Waals surface area contributed by atoms with Gasteiger partial charge in [-0.2, -0.15) is 5.10 Å². The molecular weight excluding hydrogens is 430 g/mol. The Bertz CT molecular complexity index is 1100. The lowest BCUT2D eigenvalue weighted by Gasteiger charge is -2.23. The van der Waals surface area contributed by atoms with Crippen LogP contribution in [0.3, 0.4) is 0 Å². The molecule has 2 aromatic carbocycles. The predicted octanol–water partition coefficient (Wildman–Crippen LogP) is 3.36. The highest BCUT2D eigenvalue weighted by molar-refractivity contribution is 6.39. The van der Waals surface area contributed by atoms with Crippen molar-refractivity contribution in [3.05, 3.63) is 66.2 Å². The summed E-state index contributed by atoms with van der Waals surface area (Å²) in [6, 6.07) is 19.5. The van der Waals surface area contributed by atoms with E-state index in [4.69, 9.17) is 0 Å². The average molecular weight is 460 g/mol. The normalized spacial score (nSPS) is 21.2. The van der Waals surface area contributed by atoms with Crippen LogP contribution in [0.4, 0.5) is 10.5 Å². The van der Waals surface area contributed by atoms with Crippen LogP contribution >= 0.6 is 0 Å². The first-order valence-electron chi connectivity index (χ1n) is 12.0. The molecule has 1 saturated heterocycles. The molecule has 4 amide bonds. The second-order valence-electron chi connectivity index (χ2n) is 9.14. The van der Waals surface area contributed by atoms with Crippen LogP contribution in [0.25, 0.3) is 0 Å². The minimum absolute atomic E-state index is 0.0575. The third-order valence-electron chi connectivity index (χ3n) is 6.92. The minimum Gasteiger partial charge on any atom is -0.351 e. The molecule has 1 saturated carbocycles. The van der Waals surface area contributed by atoms with E-state index in [1.165, 1.54) is 4.90 Å². The maximum Gasteiger partial charge on any atom is 0.325 e. The van der Waals surface area contributed by atoms with Crippen LogP contribution in [0.15, 0.2) is 65.8 Å². The van der Waals surface area contributed by atoms with Crippen LogP contribution < -0.4 is 15.6 Å². The van der Waals surface area contributed by atoms with Crippen molar-refractivity contribution >= 4 is 29.2 Å². The molecule has 1 atom stereocenters. The summed E-state index contributed by atoms with van der Waals surface area (Å²) in [4.78, 5) is 39.3. The first-order valence-corrected chi connectivity index (χ1v) is 12.0. The number of rotatable bonds is 7. The monoisotopic (exact) mass is 459 g/mol. The molecule has 8 heteroatoms. The molecule has 1 spiro atoms. The Morgan fingerprint density at radius 1 is 1.03 bits per heavy atom. The van der Waals surface area contributed by atoms with Gasteiger partial charge in [0.1, 0.15) is 11.3 Å². The number of hydrazone groups is 1. The quantitative estimate of drug-likeness (QED) is 0.490. The fourth-order valence-electron chi connectivity index (χ4n) is 5.14. The van der Waals surface area contributed by atoms with Gasteiger partial charge in [-0.1, -0.05) is 61.4 Å². The second-order valence-corrected chi connectivity index (χ2v) is 9.14. The van der Waals surface area contributed by atoms with E-state index in [-0.39, 0.29) is 23.9 Å². The Kier molecular flexibility index (Phi) is 6.04. The van der Waals surface area contributed by atoms with E-state index in [2.05, 4.69) is 15.7 Å². The lowest BCUT2D eigenvalue weighted by molar-refractivity contribution is -0.131. The number of anilines is 1. The zero-order valence-corrected chi connectivity index (χ0v) is 19.1. The van der Waals surface area contributed by atoms with Crippen LogP contribution in [0, 0.1) is 0 Å². The lowest BCUT2D eigenvalue weighted by atomic mass is 9.98. The topological polar surface area (TPSA) is 94.1 Å². The standard InChI is InChI=1S/C26H29N5O3/c32-23(27-16-9-17-30-24(33)26(28-25(30)34)14-7-8-15-26)21-18-22(19-10-3-1-4-11-19)31(29-21)20-12-5-2-6-13-20/h1-6,10-13,22H,7-9,14-18H2,(H,27,32)(H,28,34). The molecule has 5 rings (SSSR count). The molecule has 2 heterocycles. The van der Waals surface area contributed by atoms with Crippen molar-refractivity contribution in [2.75, 3.05) is 18.1 Å². The summed E-state index contributed by atoms with van der Waals surface area (Å²) in [6.07, 6.45) is 4.35. The van der Waals surface area contributed by atoms with E-state index in [0.29, 0.717) is 44.5 Å². The molecule has 2 aliphatic heterocycles. The Morgan fingerprint density at radius 3 is 2.41 bits per heavy atom. The third-order valence-corrected chi connectivity index (χ3v) is 6.92. The molecule has 176 valence electrons. The maximum absolute atomic E-state index is 12.9. The van der Waals surface area contributed by atoms with Gasteiger partial charge in [0.25, 0.3) is 11.8 Å². The highest BCUT2D eigenvalue weighted by atomic mass is 16.2. The van der Waals surface area contributed by atoms with E-state index >= 15 is 0 Å². The van der Waals surface area contributed by atoms with Crippen LogP contribution in [0.2, 0.25) is 0 Å².